The number of likely N-dealkylation sites (tertiary alicyclic amines) is 2. The smallest absolute Gasteiger partial charge is 0.320 e. The van der Waals surface area contributed by atoms with Gasteiger partial charge in [0, 0.05) is 64.1 Å². The van der Waals surface area contributed by atoms with E-state index < -0.39 is 0 Å². The molecule has 7 nitrogen and oxygen atoms in total. The number of nitrogen functional groups attached to an aromatic ring is 1. The van der Waals surface area contributed by atoms with Crippen molar-refractivity contribution in [1.82, 2.24) is 24.7 Å². The fraction of sp³-hybridized carbons (Fsp3) is 0.450. The van der Waals surface area contributed by atoms with Crippen LogP contribution in [-0.4, -0.2) is 64.4 Å². The summed E-state index contributed by atoms with van der Waals surface area (Å²) in [5.41, 5.74) is 7.44. The largest absolute Gasteiger partial charge is 0.368 e. The predicted octanol–water partition coefficient (Wildman–Crippen LogP) is 1.98. The number of aromatic nitrogens is 2. The van der Waals surface area contributed by atoms with E-state index >= 15 is 0 Å². The molecule has 1 aromatic carbocycles. The van der Waals surface area contributed by atoms with E-state index in [9.17, 15) is 9.18 Å². The molecular weight excluding hydrogens is 359 g/mol. The van der Waals surface area contributed by atoms with Gasteiger partial charge in [-0.1, -0.05) is 12.1 Å². The molecule has 3 heterocycles. The Morgan fingerprint density at radius 1 is 1.25 bits per heavy atom. The third-order valence-electron chi connectivity index (χ3n) is 5.69. The van der Waals surface area contributed by atoms with Crippen LogP contribution in [0.15, 0.2) is 36.7 Å². The molecule has 3 atom stereocenters. The first kappa shape index (κ1) is 18.6. The first-order valence-corrected chi connectivity index (χ1v) is 9.44. The van der Waals surface area contributed by atoms with Crippen molar-refractivity contribution in [3.8, 4) is 0 Å². The van der Waals surface area contributed by atoms with Gasteiger partial charge in [-0.15, -0.1) is 0 Å². The second-order valence-corrected chi connectivity index (χ2v) is 7.90. The number of amides is 2. The molecule has 0 aliphatic carbocycles. The van der Waals surface area contributed by atoms with E-state index in [4.69, 9.17) is 5.73 Å². The normalized spacial score (nSPS) is 24.4. The van der Waals surface area contributed by atoms with Gasteiger partial charge in [0.15, 0.2) is 0 Å². The zero-order valence-corrected chi connectivity index (χ0v) is 16.1. The summed E-state index contributed by atoms with van der Waals surface area (Å²) >= 11 is 0. The molecule has 0 bridgehead atoms. The topological polar surface area (TPSA) is 78.6 Å². The molecule has 2 aromatic rings. The molecule has 0 unspecified atom stereocenters. The van der Waals surface area contributed by atoms with Gasteiger partial charge in [0.1, 0.15) is 5.82 Å². The van der Waals surface area contributed by atoms with Crippen molar-refractivity contribution in [3.05, 3.63) is 53.6 Å². The van der Waals surface area contributed by atoms with Crippen molar-refractivity contribution in [2.24, 2.45) is 11.8 Å². The Kier molecular flexibility index (Phi) is 4.89. The second-order valence-electron chi connectivity index (χ2n) is 7.90. The predicted molar refractivity (Wildman–Crippen MR) is 104 cm³/mol. The minimum absolute atomic E-state index is 0.0258. The summed E-state index contributed by atoms with van der Waals surface area (Å²) in [6, 6.07) is 6.48. The highest BCUT2D eigenvalue weighted by Gasteiger charge is 2.49. The summed E-state index contributed by atoms with van der Waals surface area (Å²) in [5.74, 6) is 0.616. The monoisotopic (exact) mass is 384 g/mol. The van der Waals surface area contributed by atoms with Crippen LogP contribution >= 0.6 is 0 Å². The standard InChI is InChI=1S/C20H25FN6O/c1-25(2)20(28)27-11-15-10-26(9-13-7-23-19(22)24-8-13)12-17(15)18(27)14-4-3-5-16(21)6-14/h3-8,15,17-18H,9-12H2,1-2H3,(H2,22,23,24)/t15-,17-,18-/m1/s1. The summed E-state index contributed by atoms with van der Waals surface area (Å²) in [7, 11) is 3.51. The van der Waals surface area contributed by atoms with Gasteiger partial charge in [-0.25, -0.2) is 19.2 Å². The maximum atomic E-state index is 13.9. The van der Waals surface area contributed by atoms with Crippen molar-refractivity contribution >= 4 is 12.0 Å². The first-order chi connectivity index (χ1) is 13.4. The van der Waals surface area contributed by atoms with E-state index in [2.05, 4.69) is 14.9 Å². The first-order valence-electron chi connectivity index (χ1n) is 9.44. The van der Waals surface area contributed by atoms with Gasteiger partial charge in [-0.05, 0) is 23.6 Å². The van der Waals surface area contributed by atoms with Gasteiger partial charge < -0.3 is 15.5 Å². The average molecular weight is 384 g/mol. The van der Waals surface area contributed by atoms with Crippen LogP contribution in [-0.2, 0) is 6.54 Å². The number of urea groups is 1. The fourth-order valence-corrected chi connectivity index (χ4v) is 4.54. The maximum Gasteiger partial charge on any atom is 0.320 e. The molecule has 2 aliphatic heterocycles. The molecule has 2 aliphatic rings. The van der Waals surface area contributed by atoms with Crippen molar-refractivity contribution < 1.29 is 9.18 Å². The highest BCUT2D eigenvalue weighted by molar-refractivity contribution is 5.75. The Balaban J connectivity index is 1.56. The molecule has 28 heavy (non-hydrogen) atoms. The van der Waals surface area contributed by atoms with Crippen molar-refractivity contribution in [1.29, 1.82) is 0 Å². The van der Waals surface area contributed by atoms with E-state index in [0.717, 1.165) is 30.8 Å². The van der Waals surface area contributed by atoms with Crippen LogP contribution in [0, 0.1) is 17.7 Å². The van der Waals surface area contributed by atoms with E-state index in [-0.39, 0.29) is 29.8 Å². The number of fused-ring (bicyclic) bond motifs is 1. The molecule has 2 saturated heterocycles. The quantitative estimate of drug-likeness (QED) is 0.876. The van der Waals surface area contributed by atoms with Gasteiger partial charge in [-0.2, -0.15) is 0 Å². The highest BCUT2D eigenvalue weighted by Crippen LogP contribution is 2.45. The van der Waals surface area contributed by atoms with Crippen molar-refractivity contribution in [2.75, 3.05) is 39.5 Å². The number of nitrogens with zero attached hydrogens (tertiary/aromatic N) is 5. The number of carbonyl (C=O) groups is 1. The molecule has 0 radical (unpaired) electrons. The number of benzene rings is 1. The van der Waals surface area contributed by atoms with Crippen LogP contribution in [0.5, 0.6) is 0 Å². The van der Waals surface area contributed by atoms with Crippen LogP contribution < -0.4 is 5.73 Å². The zero-order chi connectivity index (χ0) is 19.8. The second kappa shape index (κ2) is 7.35. The van der Waals surface area contributed by atoms with Crippen LogP contribution in [0.1, 0.15) is 17.2 Å². The Labute approximate surface area is 164 Å². The third kappa shape index (κ3) is 3.52. The lowest BCUT2D eigenvalue weighted by atomic mass is 9.89. The number of halogens is 1. The Morgan fingerprint density at radius 3 is 2.68 bits per heavy atom. The Bertz CT molecular complexity index is 858. The number of carbonyl (C=O) groups excluding carboxylic acids is 1. The van der Waals surface area contributed by atoms with Crippen LogP contribution in [0.25, 0.3) is 0 Å². The SMILES string of the molecule is CN(C)C(=O)N1C[C@H]2CN(Cc3cnc(N)nc3)C[C@H]2[C@H]1c1cccc(F)c1. The van der Waals surface area contributed by atoms with E-state index in [0.29, 0.717) is 12.5 Å². The number of nitrogens with two attached hydrogens (primary N) is 1. The molecule has 4 rings (SSSR count). The minimum atomic E-state index is -0.271. The fourth-order valence-electron chi connectivity index (χ4n) is 4.54. The molecule has 148 valence electrons. The van der Waals surface area contributed by atoms with Crippen LogP contribution in [0.3, 0.4) is 0 Å². The summed E-state index contributed by atoms with van der Waals surface area (Å²) in [5, 5.41) is 0. The van der Waals surface area contributed by atoms with Crippen molar-refractivity contribution in [2.45, 2.75) is 12.6 Å². The van der Waals surface area contributed by atoms with Gasteiger partial charge in [0.05, 0.1) is 6.04 Å². The Hall–Kier alpha value is -2.74. The lowest BCUT2D eigenvalue weighted by Crippen LogP contribution is -2.41. The number of anilines is 1. The van der Waals surface area contributed by atoms with Crippen LogP contribution in [0.4, 0.5) is 15.1 Å². The molecule has 2 N–H and O–H groups in total. The summed E-state index contributed by atoms with van der Waals surface area (Å²) in [6.45, 7) is 3.15. The maximum absolute atomic E-state index is 13.9. The van der Waals surface area contributed by atoms with Gasteiger partial charge in [0.25, 0.3) is 0 Å². The molecule has 2 fully saturated rings. The highest BCUT2D eigenvalue weighted by atomic mass is 19.1. The van der Waals surface area contributed by atoms with Gasteiger partial charge in [0.2, 0.25) is 5.95 Å². The van der Waals surface area contributed by atoms with E-state index in [1.807, 2.05) is 11.0 Å². The zero-order valence-electron chi connectivity index (χ0n) is 16.1. The van der Waals surface area contributed by atoms with Gasteiger partial charge >= 0.3 is 6.03 Å². The van der Waals surface area contributed by atoms with Crippen LogP contribution in [0.2, 0.25) is 0 Å². The minimum Gasteiger partial charge on any atom is -0.368 e. The van der Waals surface area contributed by atoms with E-state index in [1.165, 1.54) is 6.07 Å². The molecule has 2 amide bonds. The van der Waals surface area contributed by atoms with E-state index in [1.54, 1.807) is 43.5 Å². The van der Waals surface area contributed by atoms with Crippen molar-refractivity contribution in [3.63, 3.8) is 0 Å². The molecular formula is C20H25FN6O. The molecule has 1 aromatic heterocycles. The Morgan fingerprint density at radius 2 is 2.00 bits per heavy atom. The number of hydrogen-bond acceptors (Lipinski definition) is 5. The number of hydrogen-bond donors (Lipinski definition) is 1. The number of rotatable bonds is 3. The molecule has 0 saturated carbocycles. The summed E-state index contributed by atoms with van der Waals surface area (Å²) < 4.78 is 13.9. The molecule has 0 spiro atoms. The average Bonchev–Trinajstić information content (AvgIpc) is 3.19. The summed E-state index contributed by atoms with van der Waals surface area (Å²) in [4.78, 5) is 26.7. The van der Waals surface area contributed by atoms with Gasteiger partial charge in [-0.3, -0.25) is 4.90 Å². The lowest BCUT2D eigenvalue weighted by Gasteiger charge is -2.31. The summed E-state index contributed by atoms with van der Waals surface area (Å²) in [6.07, 6.45) is 3.50. The third-order valence-corrected chi connectivity index (χ3v) is 5.69. The molecule has 8 heteroatoms. The lowest BCUT2D eigenvalue weighted by molar-refractivity contribution is 0.151.